The number of ketones is 1. The SMILES string of the molecule is CC.CC(=O)C(=N)c1c(N)cc(NC(=O)NC(C)c2ccccc2)nc1CO. The Hall–Kier alpha value is -3.26. The van der Waals surface area contributed by atoms with Gasteiger partial charge in [0.25, 0.3) is 0 Å². The number of urea groups is 1. The van der Waals surface area contributed by atoms with Gasteiger partial charge in [0.15, 0.2) is 5.78 Å². The number of anilines is 2. The third kappa shape index (κ3) is 5.88. The molecule has 2 rings (SSSR count). The number of nitrogen functional groups attached to an aromatic ring is 1. The number of benzene rings is 1. The van der Waals surface area contributed by atoms with Crippen molar-refractivity contribution in [1.29, 1.82) is 5.41 Å². The molecule has 0 bridgehead atoms. The summed E-state index contributed by atoms with van der Waals surface area (Å²) >= 11 is 0. The number of nitrogens with two attached hydrogens (primary N) is 1. The van der Waals surface area contributed by atoms with Gasteiger partial charge < -0.3 is 16.2 Å². The second-order valence-corrected chi connectivity index (χ2v) is 5.74. The summed E-state index contributed by atoms with van der Waals surface area (Å²) in [4.78, 5) is 27.7. The molecule has 6 N–H and O–H groups in total. The highest BCUT2D eigenvalue weighted by Crippen LogP contribution is 2.21. The number of aromatic nitrogens is 1. The number of pyridine rings is 1. The number of hydrogen-bond donors (Lipinski definition) is 5. The van der Waals surface area contributed by atoms with Crippen molar-refractivity contribution in [3.63, 3.8) is 0 Å². The molecule has 1 aromatic heterocycles. The van der Waals surface area contributed by atoms with E-state index >= 15 is 0 Å². The van der Waals surface area contributed by atoms with Crippen LogP contribution in [0.4, 0.5) is 16.3 Å². The molecule has 1 aromatic carbocycles. The monoisotopic (exact) mass is 385 g/mol. The van der Waals surface area contributed by atoms with Gasteiger partial charge in [-0.15, -0.1) is 0 Å². The van der Waals surface area contributed by atoms with Gasteiger partial charge >= 0.3 is 6.03 Å². The second kappa shape index (κ2) is 10.8. The summed E-state index contributed by atoms with van der Waals surface area (Å²) in [7, 11) is 0. The number of nitrogens with zero attached hydrogens (tertiary/aromatic N) is 1. The lowest BCUT2D eigenvalue weighted by atomic mass is 10.0. The quantitative estimate of drug-likeness (QED) is 0.486. The third-order valence-corrected chi connectivity index (χ3v) is 3.77. The number of carbonyl (C=O) groups is 2. The van der Waals surface area contributed by atoms with E-state index in [0.29, 0.717) is 0 Å². The maximum absolute atomic E-state index is 12.2. The standard InChI is InChI=1S/C18H21N5O3.C2H6/c1-10(12-6-4-3-5-7-12)21-18(26)23-15-8-13(19)16(14(9-24)22-15)17(20)11(2)25;1-2/h3-8,10,20,24H,9H2,1-2H3,(H4,19,21,22,23,26);1-2H3. The minimum Gasteiger partial charge on any atom is -0.398 e. The van der Waals surface area contributed by atoms with Crippen molar-refractivity contribution < 1.29 is 14.7 Å². The van der Waals surface area contributed by atoms with E-state index < -0.39 is 18.4 Å². The minimum absolute atomic E-state index is 0.0524. The first-order chi connectivity index (χ1) is 13.3. The zero-order chi connectivity index (χ0) is 21.3. The molecule has 0 saturated carbocycles. The highest BCUT2D eigenvalue weighted by atomic mass is 16.3. The summed E-state index contributed by atoms with van der Waals surface area (Å²) in [6.07, 6.45) is 0. The van der Waals surface area contributed by atoms with E-state index in [0.717, 1.165) is 5.56 Å². The lowest BCUT2D eigenvalue weighted by Gasteiger charge is -2.16. The highest BCUT2D eigenvalue weighted by molar-refractivity contribution is 6.45. The Morgan fingerprint density at radius 1 is 1.25 bits per heavy atom. The molecule has 2 aromatic rings. The molecule has 8 nitrogen and oxygen atoms in total. The predicted molar refractivity (Wildman–Crippen MR) is 110 cm³/mol. The van der Waals surface area contributed by atoms with Crippen LogP contribution >= 0.6 is 0 Å². The molecule has 8 heteroatoms. The van der Waals surface area contributed by atoms with E-state index in [4.69, 9.17) is 11.1 Å². The Morgan fingerprint density at radius 2 is 1.86 bits per heavy atom. The number of aliphatic hydroxyl groups excluding tert-OH is 1. The van der Waals surface area contributed by atoms with Gasteiger partial charge in [0.1, 0.15) is 11.5 Å². The zero-order valence-electron chi connectivity index (χ0n) is 16.5. The molecule has 1 atom stereocenters. The van der Waals surface area contributed by atoms with Gasteiger partial charge in [-0.05, 0) is 12.5 Å². The molecule has 0 aliphatic carbocycles. The van der Waals surface area contributed by atoms with E-state index in [1.807, 2.05) is 51.1 Å². The van der Waals surface area contributed by atoms with Crippen LogP contribution in [-0.4, -0.2) is 27.6 Å². The topological polar surface area (TPSA) is 141 Å². The Labute approximate surface area is 164 Å². The summed E-state index contributed by atoms with van der Waals surface area (Å²) in [6.45, 7) is 6.55. The van der Waals surface area contributed by atoms with Gasteiger partial charge in [-0.2, -0.15) is 0 Å². The van der Waals surface area contributed by atoms with Gasteiger partial charge in [-0.25, -0.2) is 9.78 Å². The van der Waals surface area contributed by atoms with E-state index in [1.165, 1.54) is 13.0 Å². The number of Topliss-reactive ketones (excluding diaryl/α,β-unsaturated/α-hetero) is 1. The first-order valence-electron chi connectivity index (χ1n) is 8.96. The second-order valence-electron chi connectivity index (χ2n) is 5.74. The van der Waals surface area contributed by atoms with E-state index in [9.17, 15) is 14.7 Å². The molecule has 1 unspecified atom stereocenters. The lowest BCUT2D eigenvalue weighted by Crippen LogP contribution is -2.31. The number of amides is 2. The molecule has 0 saturated heterocycles. The average molecular weight is 385 g/mol. The Balaban J connectivity index is 0.00000190. The fourth-order valence-corrected chi connectivity index (χ4v) is 2.44. The number of rotatable bonds is 6. The van der Waals surface area contributed by atoms with Crippen molar-refractivity contribution in [2.24, 2.45) is 0 Å². The summed E-state index contributed by atoms with van der Waals surface area (Å²) < 4.78 is 0. The van der Waals surface area contributed by atoms with Crippen LogP contribution in [-0.2, 0) is 11.4 Å². The summed E-state index contributed by atoms with van der Waals surface area (Å²) in [6, 6.07) is 10.1. The van der Waals surface area contributed by atoms with Gasteiger partial charge in [-0.1, -0.05) is 44.2 Å². The molecule has 0 aliphatic rings. The van der Waals surface area contributed by atoms with Gasteiger partial charge in [0, 0.05) is 18.7 Å². The van der Waals surface area contributed by atoms with Crippen LogP contribution in [0.2, 0.25) is 0 Å². The van der Waals surface area contributed by atoms with Gasteiger partial charge in [0.05, 0.1) is 23.9 Å². The van der Waals surface area contributed by atoms with Crippen LogP contribution in [0.3, 0.4) is 0 Å². The highest BCUT2D eigenvalue weighted by Gasteiger charge is 2.19. The third-order valence-electron chi connectivity index (χ3n) is 3.77. The van der Waals surface area contributed by atoms with Crippen molar-refractivity contribution >= 4 is 29.0 Å². The molecule has 150 valence electrons. The largest absolute Gasteiger partial charge is 0.398 e. The molecule has 0 radical (unpaired) electrons. The smallest absolute Gasteiger partial charge is 0.320 e. The number of carbonyl (C=O) groups excluding carboxylic acids is 2. The number of aliphatic hydroxyl groups is 1. The summed E-state index contributed by atoms with van der Waals surface area (Å²) in [5.74, 6) is -0.382. The van der Waals surface area contributed by atoms with E-state index in [2.05, 4.69) is 15.6 Å². The van der Waals surface area contributed by atoms with E-state index in [1.54, 1.807) is 0 Å². The molecule has 2 amide bonds. The van der Waals surface area contributed by atoms with Crippen LogP contribution in [0, 0.1) is 5.41 Å². The average Bonchev–Trinajstić information content (AvgIpc) is 2.69. The molecule has 0 spiro atoms. The normalized spacial score (nSPS) is 10.9. The van der Waals surface area contributed by atoms with Crippen LogP contribution in [0.25, 0.3) is 0 Å². The fourth-order valence-electron chi connectivity index (χ4n) is 2.44. The lowest BCUT2D eigenvalue weighted by molar-refractivity contribution is -0.111. The molecule has 28 heavy (non-hydrogen) atoms. The maximum Gasteiger partial charge on any atom is 0.320 e. The Bertz CT molecular complexity index is 837. The summed E-state index contributed by atoms with van der Waals surface area (Å²) in [5.41, 5.74) is 6.69. The van der Waals surface area contributed by atoms with Crippen LogP contribution < -0.4 is 16.4 Å². The Kier molecular flexibility index (Phi) is 8.77. The first-order valence-corrected chi connectivity index (χ1v) is 8.96. The summed E-state index contributed by atoms with van der Waals surface area (Å²) in [5, 5.41) is 22.6. The predicted octanol–water partition coefficient (Wildman–Crippen LogP) is 3.02. The van der Waals surface area contributed by atoms with Crippen molar-refractivity contribution in [2.75, 3.05) is 11.1 Å². The number of hydrogen-bond acceptors (Lipinski definition) is 6. The minimum atomic E-state index is -0.521. The Morgan fingerprint density at radius 3 is 2.39 bits per heavy atom. The maximum atomic E-state index is 12.2. The van der Waals surface area contributed by atoms with Gasteiger partial charge in [0.2, 0.25) is 0 Å². The zero-order valence-corrected chi connectivity index (χ0v) is 16.5. The van der Waals surface area contributed by atoms with Crippen molar-refractivity contribution in [3.05, 3.63) is 53.2 Å². The van der Waals surface area contributed by atoms with E-state index in [-0.39, 0.29) is 34.5 Å². The van der Waals surface area contributed by atoms with Crippen molar-refractivity contribution in [2.45, 2.75) is 40.3 Å². The molecular formula is C20H27N5O3. The number of nitrogens with one attached hydrogen (secondary N) is 3. The van der Waals surface area contributed by atoms with Gasteiger partial charge in [-0.3, -0.25) is 15.5 Å². The van der Waals surface area contributed by atoms with Crippen LogP contribution in [0.1, 0.15) is 50.6 Å². The van der Waals surface area contributed by atoms with Crippen LogP contribution in [0.15, 0.2) is 36.4 Å². The molecule has 0 aliphatic heterocycles. The molecule has 0 fully saturated rings. The van der Waals surface area contributed by atoms with Crippen LogP contribution in [0.5, 0.6) is 0 Å². The van der Waals surface area contributed by atoms with Crippen molar-refractivity contribution in [3.8, 4) is 0 Å². The first kappa shape index (κ1) is 22.8. The fraction of sp³-hybridized carbons (Fsp3) is 0.300. The van der Waals surface area contributed by atoms with Crippen molar-refractivity contribution in [1.82, 2.24) is 10.3 Å². The molecule has 1 heterocycles. The molecular weight excluding hydrogens is 358 g/mol.